The number of hydrogen-bond donors (Lipinski definition) is 3. The number of carbonyl (C=O) groups excluding carboxylic acids is 1. The summed E-state index contributed by atoms with van der Waals surface area (Å²) in [5.41, 5.74) is 5.49. The molecule has 1 aromatic heterocycles. The highest BCUT2D eigenvalue weighted by Crippen LogP contribution is 2.23. The molecular weight excluding hydrogens is 384 g/mol. The summed E-state index contributed by atoms with van der Waals surface area (Å²) in [5, 5.41) is 6.29. The van der Waals surface area contributed by atoms with Gasteiger partial charge in [0.2, 0.25) is 0 Å². The molecule has 0 aliphatic rings. The number of fused-ring (bicyclic) bond motifs is 1. The third-order valence-corrected chi connectivity index (χ3v) is 5.23. The number of nitrogens with zero attached hydrogens (tertiary/aromatic N) is 1. The van der Waals surface area contributed by atoms with Gasteiger partial charge in [-0.15, -0.1) is 0 Å². The van der Waals surface area contributed by atoms with Crippen LogP contribution >= 0.6 is 11.6 Å². The van der Waals surface area contributed by atoms with Crippen LogP contribution in [-0.2, 0) is 12.8 Å². The van der Waals surface area contributed by atoms with E-state index >= 15 is 0 Å². The van der Waals surface area contributed by atoms with Gasteiger partial charge in [-0.25, -0.2) is 9.78 Å². The Morgan fingerprint density at radius 2 is 1.76 bits per heavy atom. The third kappa shape index (κ3) is 4.58. The van der Waals surface area contributed by atoms with Crippen molar-refractivity contribution in [3.05, 3.63) is 88.7 Å². The lowest BCUT2D eigenvalue weighted by atomic mass is 10.1. The van der Waals surface area contributed by atoms with Crippen molar-refractivity contribution in [3.8, 4) is 0 Å². The van der Waals surface area contributed by atoms with E-state index in [9.17, 15) is 4.79 Å². The van der Waals surface area contributed by atoms with E-state index in [1.165, 1.54) is 5.56 Å². The van der Waals surface area contributed by atoms with Crippen LogP contribution in [0.3, 0.4) is 0 Å². The minimum absolute atomic E-state index is 0.301. The zero-order valence-corrected chi connectivity index (χ0v) is 16.8. The number of aryl methyl sites for hydroxylation is 2. The van der Waals surface area contributed by atoms with Gasteiger partial charge in [0.05, 0.1) is 11.0 Å². The molecule has 0 aliphatic carbocycles. The number of carbonyl (C=O) groups is 1. The fourth-order valence-electron chi connectivity index (χ4n) is 3.17. The van der Waals surface area contributed by atoms with Crippen molar-refractivity contribution in [1.82, 2.24) is 9.97 Å². The number of nitrogens with one attached hydrogen (secondary N) is 3. The van der Waals surface area contributed by atoms with Crippen LogP contribution in [0, 0.1) is 6.92 Å². The Kier molecular flexibility index (Phi) is 5.49. The second kappa shape index (κ2) is 8.37. The quantitative estimate of drug-likeness (QED) is 0.384. The average molecular weight is 405 g/mol. The average Bonchev–Trinajstić information content (AvgIpc) is 3.14. The highest BCUT2D eigenvalue weighted by molar-refractivity contribution is 6.31. The second-order valence-electron chi connectivity index (χ2n) is 6.89. The van der Waals surface area contributed by atoms with Crippen molar-refractivity contribution in [3.63, 3.8) is 0 Å². The number of aromatic amines is 1. The number of imidazole rings is 1. The van der Waals surface area contributed by atoms with E-state index in [-0.39, 0.29) is 6.03 Å². The number of halogens is 1. The topological polar surface area (TPSA) is 69.8 Å². The van der Waals surface area contributed by atoms with Gasteiger partial charge < -0.3 is 15.6 Å². The Hall–Kier alpha value is -3.31. The number of aromatic nitrogens is 2. The van der Waals surface area contributed by atoms with Gasteiger partial charge in [0.25, 0.3) is 0 Å². The lowest BCUT2D eigenvalue weighted by molar-refractivity contribution is 0.262. The molecule has 3 aromatic carbocycles. The van der Waals surface area contributed by atoms with E-state index < -0.39 is 0 Å². The van der Waals surface area contributed by atoms with Gasteiger partial charge in [-0.2, -0.15) is 0 Å². The lowest BCUT2D eigenvalue weighted by Crippen LogP contribution is -2.20. The Balaban J connectivity index is 1.33. The number of amides is 2. The molecule has 0 aliphatic heterocycles. The SMILES string of the molecule is Cc1c(Cl)cccc1NC(=O)Nc1ccc(CCc2nc3ccccc3[nH]2)cc1. The van der Waals surface area contributed by atoms with Crippen molar-refractivity contribution in [1.29, 1.82) is 0 Å². The molecule has 4 rings (SSSR count). The summed E-state index contributed by atoms with van der Waals surface area (Å²) in [6.07, 6.45) is 1.70. The molecule has 4 aromatic rings. The van der Waals surface area contributed by atoms with Gasteiger partial charge in [-0.3, -0.25) is 0 Å². The molecule has 0 bridgehead atoms. The van der Waals surface area contributed by atoms with E-state index in [0.29, 0.717) is 10.7 Å². The first-order valence-electron chi connectivity index (χ1n) is 9.44. The Morgan fingerprint density at radius 1 is 0.966 bits per heavy atom. The van der Waals surface area contributed by atoms with Gasteiger partial charge in [0.15, 0.2) is 0 Å². The fourth-order valence-corrected chi connectivity index (χ4v) is 3.34. The monoisotopic (exact) mass is 404 g/mol. The maximum absolute atomic E-state index is 12.2. The van der Waals surface area contributed by atoms with E-state index in [1.54, 1.807) is 6.07 Å². The van der Waals surface area contributed by atoms with Crippen molar-refractivity contribution >= 4 is 40.0 Å². The van der Waals surface area contributed by atoms with Crippen LogP contribution in [0.1, 0.15) is 17.0 Å². The molecule has 2 amide bonds. The van der Waals surface area contributed by atoms with Crippen LogP contribution in [0.25, 0.3) is 11.0 Å². The number of anilines is 2. The Bertz CT molecular complexity index is 1120. The Morgan fingerprint density at radius 3 is 2.55 bits per heavy atom. The van der Waals surface area contributed by atoms with Crippen LogP contribution < -0.4 is 10.6 Å². The normalized spacial score (nSPS) is 10.8. The standard InChI is InChI=1S/C23H21ClN4O/c1-15-18(24)5-4-8-19(15)28-23(29)25-17-12-9-16(10-13-17)11-14-22-26-20-6-2-3-7-21(20)27-22/h2-10,12-13H,11,14H2,1H3,(H,26,27)(H2,25,28,29). The fraction of sp³-hybridized carbons (Fsp3) is 0.130. The van der Waals surface area contributed by atoms with Crippen molar-refractivity contribution in [2.45, 2.75) is 19.8 Å². The summed E-state index contributed by atoms with van der Waals surface area (Å²) in [4.78, 5) is 20.2. The summed E-state index contributed by atoms with van der Waals surface area (Å²) in [6.45, 7) is 1.87. The van der Waals surface area contributed by atoms with Crippen molar-refractivity contribution in [2.24, 2.45) is 0 Å². The van der Waals surface area contributed by atoms with Gasteiger partial charge >= 0.3 is 6.03 Å². The summed E-state index contributed by atoms with van der Waals surface area (Å²) >= 11 is 6.09. The summed E-state index contributed by atoms with van der Waals surface area (Å²) in [7, 11) is 0. The van der Waals surface area contributed by atoms with E-state index in [2.05, 4.69) is 20.6 Å². The maximum Gasteiger partial charge on any atom is 0.323 e. The van der Waals surface area contributed by atoms with Crippen LogP contribution in [0.2, 0.25) is 5.02 Å². The minimum Gasteiger partial charge on any atom is -0.342 e. The first kappa shape index (κ1) is 19.0. The zero-order valence-electron chi connectivity index (χ0n) is 16.0. The number of hydrogen-bond acceptors (Lipinski definition) is 2. The molecular formula is C23H21ClN4O. The predicted octanol–water partition coefficient (Wildman–Crippen LogP) is 5.95. The zero-order chi connectivity index (χ0) is 20.2. The molecule has 0 radical (unpaired) electrons. The van der Waals surface area contributed by atoms with Crippen molar-refractivity contribution < 1.29 is 4.79 Å². The summed E-state index contributed by atoms with van der Waals surface area (Å²) < 4.78 is 0. The van der Waals surface area contributed by atoms with E-state index in [1.807, 2.05) is 67.6 Å². The molecule has 0 saturated carbocycles. The van der Waals surface area contributed by atoms with Crippen LogP contribution in [0.4, 0.5) is 16.2 Å². The molecule has 0 saturated heterocycles. The molecule has 0 spiro atoms. The Labute approximate surface area is 174 Å². The van der Waals surface area contributed by atoms with Gasteiger partial charge in [-0.1, -0.05) is 41.9 Å². The minimum atomic E-state index is -0.301. The van der Waals surface area contributed by atoms with Gasteiger partial charge in [-0.05, 0) is 60.9 Å². The first-order valence-corrected chi connectivity index (χ1v) is 9.82. The molecule has 0 atom stereocenters. The summed E-state index contributed by atoms with van der Waals surface area (Å²) in [6, 6.07) is 21.0. The van der Waals surface area contributed by atoms with Crippen LogP contribution in [0.5, 0.6) is 0 Å². The molecule has 6 heteroatoms. The van der Waals surface area contributed by atoms with E-state index in [4.69, 9.17) is 11.6 Å². The number of rotatable bonds is 5. The highest BCUT2D eigenvalue weighted by atomic mass is 35.5. The summed E-state index contributed by atoms with van der Waals surface area (Å²) in [5.74, 6) is 0.977. The number of H-pyrrole nitrogens is 1. The van der Waals surface area contributed by atoms with Crippen LogP contribution in [0.15, 0.2) is 66.7 Å². The van der Waals surface area contributed by atoms with Gasteiger partial charge in [0, 0.05) is 22.8 Å². The smallest absolute Gasteiger partial charge is 0.323 e. The largest absolute Gasteiger partial charge is 0.342 e. The molecule has 146 valence electrons. The molecule has 5 nitrogen and oxygen atoms in total. The number of para-hydroxylation sites is 2. The molecule has 3 N–H and O–H groups in total. The second-order valence-corrected chi connectivity index (χ2v) is 7.30. The molecule has 1 heterocycles. The highest BCUT2D eigenvalue weighted by Gasteiger charge is 2.07. The third-order valence-electron chi connectivity index (χ3n) is 4.82. The lowest BCUT2D eigenvalue weighted by Gasteiger charge is -2.11. The number of urea groups is 1. The molecule has 0 fully saturated rings. The molecule has 0 unspecified atom stereocenters. The van der Waals surface area contributed by atoms with Crippen molar-refractivity contribution in [2.75, 3.05) is 10.6 Å². The van der Waals surface area contributed by atoms with Gasteiger partial charge in [0.1, 0.15) is 5.82 Å². The predicted molar refractivity (Wildman–Crippen MR) is 119 cm³/mol. The first-order chi connectivity index (χ1) is 14.1. The van der Waals surface area contributed by atoms with Crippen LogP contribution in [-0.4, -0.2) is 16.0 Å². The maximum atomic E-state index is 12.2. The molecule has 29 heavy (non-hydrogen) atoms. The number of benzene rings is 3. The van der Waals surface area contributed by atoms with E-state index in [0.717, 1.165) is 41.0 Å².